The lowest BCUT2D eigenvalue weighted by Gasteiger charge is -2.18. The molecule has 2 rings (SSSR count). The van der Waals surface area contributed by atoms with E-state index in [2.05, 4.69) is 47.2 Å². The molecule has 0 saturated heterocycles. The Morgan fingerprint density at radius 1 is 1.14 bits per heavy atom. The second kappa shape index (κ2) is 9.84. The van der Waals surface area contributed by atoms with Crippen LogP contribution in [0.1, 0.15) is 20.3 Å². The van der Waals surface area contributed by atoms with Crippen molar-refractivity contribution in [3.8, 4) is 5.88 Å². The number of aromatic nitrogens is 1. The molecule has 0 aliphatic heterocycles. The van der Waals surface area contributed by atoms with Crippen molar-refractivity contribution in [3.63, 3.8) is 0 Å². The van der Waals surface area contributed by atoms with Gasteiger partial charge in [0.2, 0.25) is 5.88 Å². The molecule has 2 aromatic rings. The van der Waals surface area contributed by atoms with E-state index in [1.807, 2.05) is 12.1 Å². The number of para-hydroxylation sites is 1. The zero-order valence-electron chi connectivity index (χ0n) is 13.6. The Balaban J connectivity index is 0.00000242. The van der Waals surface area contributed by atoms with Gasteiger partial charge in [0, 0.05) is 18.0 Å². The van der Waals surface area contributed by atoms with E-state index < -0.39 is 0 Å². The van der Waals surface area contributed by atoms with E-state index in [1.54, 1.807) is 7.11 Å². The van der Waals surface area contributed by atoms with Crippen molar-refractivity contribution in [2.75, 3.05) is 38.6 Å². The van der Waals surface area contributed by atoms with Crippen molar-refractivity contribution in [1.82, 2.24) is 9.88 Å². The van der Waals surface area contributed by atoms with Crippen molar-refractivity contribution < 1.29 is 4.74 Å². The van der Waals surface area contributed by atoms with E-state index in [9.17, 15) is 0 Å². The Hall–Kier alpha value is -1.08. The molecule has 0 aliphatic rings. The Morgan fingerprint density at radius 3 is 2.59 bits per heavy atom. The normalized spacial score (nSPS) is 10.5. The zero-order chi connectivity index (χ0) is 15.1. The number of nitrogens with zero attached hydrogens (tertiary/aromatic N) is 2. The number of pyridine rings is 1. The highest BCUT2D eigenvalue weighted by Gasteiger charge is 2.04. The fourth-order valence-corrected chi connectivity index (χ4v) is 2.45. The predicted octanol–water partition coefficient (Wildman–Crippen LogP) is 4.01. The second-order valence-electron chi connectivity index (χ2n) is 5.04. The summed E-state index contributed by atoms with van der Waals surface area (Å²) in [5.41, 5.74) is 2.05. The van der Waals surface area contributed by atoms with E-state index in [-0.39, 0.29) is 24.0 Å². The van der Waals surface area contributed by atoms with Gasteiger partial charge in [-0.3, -0.25) is 0 Å². The molecule has 0 radical (unpaired) electrons. The van der Waals surface area contributed by atoms with Gasteiger partial charge >= 0.3 is 0 Å². The van der Waals surface area contributed by atoms with Crippen LogP contribution in [-0.2, 0) is 0 Å². The SMILES string of the molecule is CCN(CC)CCCNc1cccc2ccc(OC)nc12.I. The summed E-state index contributed by atoms with van der Waals surface area (Å²) in [7, 11) is 1.65. The fourth-order valence-electron chi connectivity index (χ4n) is 2.45. The van der Waals surface area contributed by atoms with Gasteiger partial charge in [0.25, 0.3) is 0 Å². The van der Waals surface area contributed by atoms with Gasteiger partial charge in [-0.15, -0.1) is 24.0 Å². The van der Waals surface area contributed by atoms with Crippen LogP contribution in [0.4, 0.5) is 5.69 Å². The molecule has 0 bridgehead atoms. The third-order valence-corrected chi connectivity index (χ3v) is 3.76. The number of rotatable bonds is 8. The first-order valence-electron chi connectivity index (χ1n) is 7.68. The van der Waals surface area contributed by atoms with Crippen molar-refractivity contribution in [1.29, 1.82) is 0 Å². The number of methoxy groups -OCH3 is 1. The number of nitrogens with one attached hydrogen (secondary N) is 1. The lowest BCUT2D eigenvalue weighted by atomic mass is 10.2. The molecule has 1 heterocycles. The standard InChI is InChI=1S/C17H25N3O.HI/c1-4-20(5-2)13-7-12-18-15-9-6-8-14-10-11-16(21-3)19-17(14)15;/h6,8-11,18H,4-5,7,12-13H2,1-3H3;1H. The van der Waals surface area contributed by atoms with Gasteiger partial charge in [0.1, 0.15) is 0 Å². The first-order valence-corrected chi connectivity index (χ1v) is 7.68. The number of hydrogen-bond donors (Lipinski definition) is 1. The van der Waals surface area contributed by atoms with Crippen LogP contribution in [-0.4, -0.2) is 43.2 Å². The number of anilines is 1. The summed E-state index contributed by atoms with van der Waals surface area (Å²) in [6, 6.07) is 10.1. The van der Waals surface area contributed by atoms with Gasteiger partial charge in [-0.05, 0) is 38.2 Å². The van der Waals surface area contributed by atoms with Gasteiger partial charge in [0.15, 0.2) is 0 Å². The number of halogens is 1. The summed E-state index contributed by atoms with van der Waals surface area (Å²) in [6.45, 7) is 8.72. The molecule has 0 amide bonds. The molecule has 122 valence electrons. The molecule has 5 heteroatoms. The molecule has 4 nitrogen and oxygen atoms in total. The Morgan fingerprint density at radius 2 is 1.91 bits per heavy atom. The van der Waals surface area contributed by atoms with Crippen LogP contribution in [0.3, 0.4) is 0 Å². The monoisotopic (exact) mass is 415 g/mol. The second-order valence-corrected chi connectivity index (χ2v) is 5.04. The minimum absolute atomic E-state index is 0. The fraction of sp³-hybridized carbons (Fsp3) is 0.471. The van der Waals surface area contributed by atoms with Crippen LogP contribution in [0, 0.1) is 0 Å². The van der Waals surface area contributed by atoms with E-state index in [0.717, 1.165) is 49.2 Å². The van der Waals surface area contributed by atoms with Crippen molar-refractivity contribution in [2.24, 2.45) is 0 Å². The molecular formula is C17H26IN3O. The van der Waals surface area contributed by atoms with E-state index in [4.69, 9.17) is 4.74 Å². The number of fused-ring (bicyclic) bond motifs is 1. The maximum Gasteiger partial charge on any atom is 0.213 e. The molecule has 0 spiro atoms. The summed E-state index contributed by atoms with van der Waals surface area (Å²) >= 11 is 0. The summed E-state index contributed by atoms with van der Waals surface area (Å²) in [5.74, 6) is 0.653. The Labute approximate surface area is 150 Å². The molecule has 1 aromatic carbocycles. The zero-order valence-corrected chi connectivity index (χ0v) is 16.0. The van der Waals surface area contributed by atoms with Crippen molar-refractivity contribution >= 4 is 40.6 Å². The molecule has 0 aliphatic carbocycles. The molecule has 1 N–H and O–H groups in total. The Bertz CT molecular complexity index is 573. The Kier molecular flexibility index (Phi) is 8.48. The maximum atomic E-state index is 5.22. The minimum Gasteiger partial charge on any atom is -0.481 e. The third kappa shape index (κ3) is 4.98. The molecule has 0 fully saturated rings. The topological polar surface area (TPSA) is 37.4 Å². The van der Waals surface area contributed by atoms with Gasteiger partial charge in [-0.25, -0.2) is 4.98 Å². The number of ether oxygens (including phenoxy) is 1. The lowest BCUT2D eigenvalue weighted by Crippen LogP contribution is -2.25. The summed E-state index contributed by atoms with van der Waals surface area (Å²) in [4.78, 5) is 6.98. The summed E-state index contributed by atoms with van der Waals surface area (Å²) < 4.78 is 5.22. The minimum atomic E-state index is 0. The van der Waals surface area contributed by atoms with Crippen LogP contribution in [0.15, 0.2) is 30.3 Å². The van der Waals surface area contributed by atoms with Crippen LogP contribution < -0.4 is 10.1 Å². The van der Waals surface area contributed by atoms with Crippen LogP contribution in [0.2, 0.25) is 0 Å². The van der Waals surface area contributed by atoms with Crippen LogP contribution >= 0.6 is 24.0 Å². The van der Waals surface area contributed by atoms with E-state index in [1.165, 1.54) is 0 Å². The highest BCUT2D eigenvalue weighted by atomic mass is 127. The highest BCUT2D eigenvalue weighted by molar-refractivity contribution is 14.0. The van der Waals surface area contributed by atoms with Gasteiger partial charge < -0.3 is 15.0 Å². The number of benzene rings is 1. The maximum absolute atomic E-state index is 5.22. The quantitative estimate of drug-likeness (QED) is 0.523. The molecule has 0 unspecified atom stereocenters. The van der Waals surface area contributed by atoms with E-state index in [0.29, 0.717) is 5.88 Å². The predicted molar refractivity (Wildman–Crippen MR) is 105 cm³/mol. The molecule has 0 saturated carbocycles. The molecule has 22 heavy (non-hydrogen) atoms. The van der Waals surface area contributed by atoms with Gasteiger partial charge in [-0.1, -0.05) is 26.0 Å². The van der Waals surface area contributed by atoms with E-state index >= 15 is 0 Å². The van der Waals surface area contributed by atoms with Crippen molar-refractivity contribution in [3.05, 3.63) is 30.3 Å². The highest BCUT2D eigenvalue weighted by Crippen LogP contribution is 2.23. The van der Waals surface area contributed by atoms with Crippen LogP contribution in [0.25, 0.3) is 10.9 Å². The number of hydrogen-bond acceptors (Lipinski definition) is 4. The van der Waals surface area contributed by atoms with Gasteiger partial charge in [-0.2, -0.15) is 0 Å². The van der Waals surface area contributed by atoms with Crippen molar-refractivity contribution in [2.45, 2.75) is 20.3 Å². The van der Waals surface area contributed by atoms with Gasteiger partial charge in [0.05, 0.1) is 18.3 Å². The largest absolute Gasteiger partial charge is 0.481 e. The molecular weight excluding hydrogens is 389 g/mol. The average Bonchev–Trinajstić information content (AvgIpc) is 2.54. The summed E-state index contributed by atoms with van der Waals surface area (Å²) in [5, 5.41) is 4.63. The lowest BCUT2D eigenvalue weighted by molar-refractivity contribution is 0.303. The molecule has 1 aromatic heterocycles. The first-order chi connectivity index (χ1) is 10.3. The summed E-state index contributed by atoms with van der Waals surface area (Å²) in [6.07, 6.45) is 1.13. The smallest absolute Gasteiger partial charge is 0.213 e. The first kappa shape index (κ1) is 19.0. The average molecular weight is 415 g/mol. The third-order valence-electron chi connectivity index (χ3n) is 3.76. The molecule has 0 atom stereocenters. The van der Waals surface area contributed by atoms with Crippen LogP contribution in [0.5, 0.6) is 5.88 Å².